The summed E-state index contributed by atoms with van der Waals surface area (Å²) in [5.74, 6) is -0.860. The molecule has 0 bridgehead atoms. The smallest absolute Gasteiger partial charge is 0.313 e. The number of sulfone groups is 1. The number of carboxylic acids is 1. The molecule has 218 valence electrons. The summed E-state index contributed by atoms with van der Waals surface area (Å²) in [6.07, 6.45) is 2.98. The lowest BCUT2D eigenvalue weighted by molar-refractivity contribution is -0.142. The Morgan fingerprint density at radius 2 is 1.71 bits per heavy atom. The second kappa shape index (κ2) is 11.9. The van der Waals surface area contributed by atoms with Gasteiger partial charge in [0.2, 0.25) is 5.06 Å². The minimum Gasteiger partial charge on any atom is -0.481 e. The molecule has 2 aliphatic rings. The number of hydrogen-bond acceptors (Lipinski definition) is 9. The maximum atomic E-state index is 13.4. The van der Waals surface area contributed by atoms with E-state index >= 15 is 0 Å². The number of rotatable bonds is 11. The molecule has 1 aliphatic heterocycles. The van der Waals surface area contributed by atoms with Crippen molar-refractivity contribution in [1.82, 2.24) is 4.98 Å². The summed E-state index contributed by atoms with van der Waals surface area (Å²) >= 11 is 1.13. The lowest BCUT2D eigenvalue weighted by Gasteiger charge is -2.27. The fourth-order valence-electron chi connectivity index (χ4n) is 4.41. The van der Waals surface area contributed by atoms with Gasteiger partial charge in [-0.3, -0.25) is 14.9 Å². The van der Waals surface area contributed by atoms with E-state index in [1.54, 1.807) is 50.2 Å². The molecule has 1 unspecified atom stereocenters. The molecule has 1 amide bonds. The number of amides is 1. The van der Waals surface area contributed by atoms with Gasteiger partial charge in [-0.05, 0) is 74.9 Å². The molecule has 41 heavy (non-hydrogen) atoms. The fraction of sp³-hybridized carbons (Fsp3) is 0.414. The highest BCUT2D eigenvalue weighted by molar-refractivity contribution is 7.92. The number of aliphatic carboxylic acids is 1. The van der Waals surface area contributed by atoms with Crippen LogP contribution in [-0.2, 0) is 34.3 Å². The molecule has 12 heteroatoms. The van der Waals surface area contributed by atoms with Crippen LogP contribution in [0.15, 0.2) is 59.6 Å². The van der Waals surface area contributed by atoms with Crippen LogP contribution in [-0.4, -0.2) is 55.0 Å². The molecule has 5 rings (SSSR count). The first-order valence-electron chi connectivity index (χ1n) is 13.4. The Labute approximate surface area is 242 Å². The molecule has 1 saturated carbocycles. The van der Waals surface area contributed by atoms with Crippen LogP contribution >= 0.6 is 11.3 Å². The predicted molar refractivity (Wildman–Crippen MR) is 152 cm³/mol. The van der Waals surface area contributed by atoms with Crippen LogP contribution < -0.4 is 10.1 Å². The average Bonchev–Trinajstić information content (AvgIpc) is 3.74. The Bertz CT molecular complexity index is 1490. The number of carboxylic acid groups (broad SMARTS) is 1. The summed E-state index contributed by atoms with van der Waals surface area (Å²) in [5, 5.41) is 12.7. The van der Waals surface area contributed by atoms with E-state index in [2.05, 4.69) is 10.3 Å². The van der Waals surface area contributed by atoms with Crippen molar-refractivity contribution in [2.45, 2.75) is 67.3 Å². The second-order valence-electron chi connectivity index (χ2n) is 10.7. The summed E-state index contributed by atoms with van der Waals surface area (Å²) in [6, 6.07) is 13.1. The van der Waals surface area contributed by atoms with Crippen molar-refractivity contribution in [3.05, 3.63) is 65.9 Å². The van der Waals surface area contributed by atoms with E-state index in [9.17, 15) is 23.1 Å². The minimum atomic E-state index is -3.35. The highest BCUT2D eigenvalue weighted by Crippen LogP contribution is 2.35. The van der Waals surface area contributed by atoms with Crippen LogP contribution in [0.2, 0.25) is 0 Å². The minimum absolute atomic E-state index is 0.182. The predicted octanol–water partition coefficient (Wildman–Crippen LogP) is 5.11. The summed E-state index contributed by atoms with van der Waals surface area (Å²) in [6.45, 7) is 4.35. The molecule has 0 radical (unpaired) electrons. The van der Waals surface area contributed by atoms with Gasteiger partial charge in [0.15, 0.2) is 21.1 Å². The number of carbonyl (C=O) groups is 2. The van der Waals surface area contributed by atoms with E-state index in [0.29, 0.717) is 66.0 Å². The van der Waals surface area contributed by atoms with Crippen molar-refractivity contribution in [1.29, 1.82) is 0 Å². The van der Waals surface area contributed by atoms with Crippen molar-refractivity contribution < 1.29 is 37.3 Å². The van der Waals surface area contributed by atoms with E-state index in [1.165, 1.54) is 18.3 Å². The maximum absolute atomic E-state index is 13.4. The lowest BCUT2D eigenvalue weighted by Crippen LogP contribution is -2.31. The van der Waals surface area contributed by atoms with Crippen LogP contribution in [0.25, 0.3) is 0 Å². The summed E-state index contributed by atoms with van der Waals surface area (Å²) in [5.41, 5.74) is 0.152. The van der Waals surface area contributed by atoms with Crippen molar-refractivity contribution >= 4 is 38.2 Å². The third kappa shape index (κ3) is 6.78. The van der Waals surface area contributed by atoms with Gasteiger partial charge in [0.25, 0.3) is 5.91 Å². The van der Waals surface area contributed by atoms with E-state index in [-0.39, 0.29) is 16.2 Å². The van der Waals surface area contributed by atoms with Gasteiger partial charge in [-0.25, -0.2) is 13.4 Å². The summed E-state index contributed by atoms with van der Waals surface area (Å²) in [4.78, 5) is 29.4. The number of nitrogens with one attached hydrogen (secondary N) is 1. The molecular weight excluding hydrogens is 568 g/mol. The van der Waals surface area contributed by atoms with Crippen LogP contribution in [0, 0.1) is 0 Å². The van der Waals surface area contributed by atoms with E-state index < -0.39 is 33.2 Å². The van der Waals surface area contributed by atoms with Crippen LogP contribution in [0.4, 0.5) is 5.13 Å². The van der Waals surface area contributed by atoms with E-state index in [0.717, 1.165) is 11.3 Å². The first kappa shape index (κ1) is 29.2. The van der Waals surface area contributed by atoms with Gasteiger partial charge < -0.3 is 19.3 Å². The average molecular weight is 601 g/mol. The standard InChI is InChI=1S/C29H32N2O8S2/c1-29(2,27(33)34)19-5-7-20(8-6-19)38-24-17-30-28(40-24)31-26(32)25(39-21-13-15-37-16-14-21)18-3-9-22(10-4-18)41(35,36)23-11-12-23/h3-10,17,21,23,25H,11-16H2,1-2H3,(H,33,34)(H,30,31,32). The Balaban J connectivity index is 1.28. The number of aromatic nitrogens is 1. The fourth-order valence-corrected chi connectivity index (χ4v) is 6.76. The number of nitrogens with zero attached hydrogens (tertiary/aromatic N) is 1. The molecule has 2 aromatic carbocycles. The maximum Gasteiger partial charge on any atom is 0.313 e. The van der Waals surface area contributed by atoms with Crippen LogP contribution in [0.5, 0.6) is 10.8 Å². The molecule has 2 heterocycles. The third-order valence-corrected chi connectivity index (χ3v) is 10.3. The molecule has 1 saturated heterocycles. The van der Waals surface area contributed by atoms with Crippen molar-refractivity contribution in [3.8, 4) is 10.8 Å². The highest BCUT2D eigenvalue weighted by atomic mass is 32.2. The van der Waals surface area contributed by atoms with Gasteiger partial charge in [0.05, 0.1) is 27.9 Å². The van der Waals surface area contributed by atoms with E-state index in [4.69, 9.17) is 14.2 Å². The molecule has 3 aromatic rings. The quantitative estimate of drug-likeness (QED) is 0.307. The van der Waals surface area contributed by atoms with Gasteiger partial charge in [-0.15, -0.1) is 0 Å². The molecule has 2 N–H and O–H groups in total. The summed E-state index contributed by atoms with van der Waals surface area (Å²) < 4.78 is 42.7. The highest BCUT2D eigenvalue weighted by Gasteiger charge is 2.37. The number of carbonyl (C=O) groups excluding carboxylic acids is 1. The Morgan fingerprint density at radius 1 is 1.05 bits per heavy atom. The topological polar surface area (TPSA) is 141 Å². The van der Waals surface area contributed by atoms with E-state index in [1.807, 2.05) is 0 Å². The first-order valence-corrected chi connectivity index (χ1v) is 15.8. The van der Waals surface area contributed by atoms with Crippen LogP contribution in [0.3, 0.4) is 0 Å². The normalized spacial score (nSPS) is 17.1. The van der Waals surface area contributed by atoms with Gasteiger partial charge in [0.1, 0.15) is 5.75 Å². The lowest BCUT2D eigenvalue weighted by atomic mass is 9.85. The molecule has 1 aliphatic carbocycles. The summed E-state index contributed by atoms with van der Waals surface area (Å²) in [7, 11) is -3.35. The van der Waals surface area contributed by atoms with Gasteiger partial charge >= 0.3 is 5.97 Å². The number of anilines is 1. The number of thiazole rings is 1. The SMILES string of the molecule is CC(C)(C(=O)O)c1ccc(Oc2cnc(NC(=O)C(OC3CCOCC3)c3ccc(S(=O)(=O)C4CC4)cc3)s2)cc1. The molecular formula is C29H32N2O8S2. The first-order chi connectivity index (χ1) is 19.5. The third-order valence-electron chi connectivity index (χ3n) is 7.25. The Morgan fingerprint density at radius 3 is 2.32 bits per heavy atom. The second-order valence-corrected chi connectivity index (χ2v) is 13.9. The van der Waals surface area contributed by atoms with Crippen molar-refractivity contribution in [2.75, 3.05) is 18.5 Å². The zero-order chi connectivity index (χ0) is 29.2. The Kier molecular flexibility index (Phi) is 8.46. The molecule has 1 aromatic heterocycles. The zero-order valence-corrected chi connectivity index (χ0v) is 24.4. The van der Waals surface area contributed by atoms with Gasteiger partial charge in [0, 0.05) is 13.2 Å². The molecule has 10 nitrogen and oxygen atoms in total. The number of ether oxygens (including phenoxy) is 3. The zero-order valence-electron chi connectivity index (χ0n) is 22.7. The molecule has 0 spiro atoms. The molecule has 2 fully saturated rings. The van der Waals surface area contributed by atoms with Gasteiger partial charge in [-0.2, -0.15) is 0 Å². The Hall–Kier alpha value is -3.32. The van der Waals surface area contributed by atoms with Crippen molar-refractivity contribution in [2.24, 2.45) is 0 Å². The van der Waals surface area contributed by atoms with Gasteiger partial charge in [-0.1, -0.05) is 35.6 Å². The monoisotopic (exact) mass is 600 g/mol. The largest absolute Gasteiger partial charge is 0.481 e. The van der Waals surface area contributed by atoms with Crippen molar-refractivity contribution in [3.63, 3.8) is 0 Å². The van der Waals surface area contributed by atoms with Crippen LogP contribution in [0.1, 0.15) is 56.8 Å². The number of benzene rings is 2. The number of hydrogen-bond donors (Lipinski definition) is 2. The molecule has 1 atom stereocenters.